The lowest BCUT2D eigenvalue weighted by Crippen LogP contribution is -2.21. The van der Waals surface area contributed by atoms with Crippen LogP contribution in [0.25, 0.3) is 55.7 Å². The molecule has 0 bridgehead atoms. The molecule has 0 fully saturated rings. The molecule has 8 rings (SSSR count). The van der Waals surface area contributed by atoms with Crippen LogP contribution in [-0.4, -0.2) is 4.98 Å². The first kappa shape index (κ1) is 27.6. The molecule has 0 amide bonds. The topological polar surface area (TPSA) is 24.9 Å². The Morgan fingerprint density at radius 3 is 1.52 bits per heavy atom. The lowest BCUT2D eigenvalue weighted by atomic mass is 9.88. The van der Waals surface area contributed by atoms with Gasteiger partial charge in [-0.25, -0.2) is 4.98 Å². The first-order valence-electron chi connectivity index (χ1n) is 15.8. The Morgan fingerprint density at radius 1 is 0.435 bits per heavy atom. The van der Waals surface area contributed by atoms with E-state index < -0.39 is 0 Å². The molecule has 1 aliphatic rings. The summed E-state index contributed by atoms with van der Waals surface area (Å²) in [5.41, 5.74) is 12.4. The fourth-order valence-electron chi connectivity index (χ4n) is 6.44. The number of pyridine rings is 1. The fraction of sp³-hybridized carbons (Fsp3) is 0.0227. The minimum Gasteiger partial charge on any atom is -0.374 e. The van der Waals surface area contributed by atoms with E-state index in [1.807, 2.05) is 12.1 Å². The van der Waals surface area contributed by atoms with E-state index in [9.17, 15) is 0 Å². The minimum atomic E-state index is 0.0527. The second-order valence-corrected chi connectivity index (χ2v) is 11.6. The van der Waals surface area contributed by atoms with Crippen LogP contribution in [-0.2, 0) is 0 Å². The Bertz CT molecular complexity index is 2140. The van der Waals surface area contributed by atoms with Crippen molar-refractivity contribution in [1.82, 2.24) is 10.3 Å². The molecule has 0 aliphatic carbocycles. The van der Waals surface area contributed by atoms with Crippen molar-refractivity contribution in [3.63, 3.8) is 0 Å². The van der Waals surface area contributed by atoms with Gasteiger partial charge >= 0.3 is 0 Å². The van der Waals surface area contributed by atoms with Gasteiger partial charge in [0.1, 0.15) is 0 Å². The zero-order chi connectivity index (χ0) is 30.7. The molecule has 2 heterocycles. The van der Waals surface area contributed by atoms with Gasteiger partial charge in [0, 0.05) is 16.8 Å². The van der Waals surface area contributed by atoms with E-state index in [0.29, 0.717) is 0 Å². The van der Waals surface area contributed by atoms with Gasteiger partial charge in [-0.15, -0.1) is 0 Å². The zero-order valence-corrected chi connectivity index (χ0v) is 25.3. The van der Waals surface area contributed by atoms with E-state index in [4.69, 9.17) is 4.98 Å². The molecule has 0 saturated carbocycles. The number of nitrogens with zero attached hydrogens (tertiary/aromatic N) is 1. The SMILES string of the molecule is C1=C(c2ccccc2)NC(c2ccccc2)C=C1c1cccc2c(-c3cc(-c4ccccc4)nc(-c4ccccc4)c3)cccc12. The van der Waals surface area contributed by atoms with E-state index in [1.54, 1.807) is 0 Å². The van der Waals surface area contributed by atoms with Crippen molar-refractivity contribution in [2.24, 2.45) is 0 Å². The normalized spacial score (nSPS) is 14.3. The standard InChI is InChI=1S/C44H32N2/c1-5-15-31(16-6-1)41-27-35(28-42(45-41)32-17-7-2-8-18-32)37-23-13-26-40-38(24-14-25-39(37)40)36-29-43(33-19-9-3-10-20-33)46-44(30-36)34-21-11-4-12-22-34/h1-30,41,45H. The summed E-state index contributed by atoms with van der Waals surface area (Å²) in [6.45, 7) is 0. The van der Waals surface area contributed by atoms with E-state index >= 15 is 0 Å². The van der Waals surface area contributed by atoms with Crippen LogP contribution in [0.15, 0.2) is 182 Å². The Hall–Kier alpha value is -5.99. The second kappa shape index (κ2) is 12.2. The maximum atomic E-state index is 5.12. The quantitative estimate of drug-likeness (QED) is 0.209. The van der Waals surface area contributed by atoms with Gasteiger partial charge in [0.25, 0.3) is 0 Å². The van der Waals surface area contributed by atoms with Gasteiger partial charge in [-0.3, -0.25) is 0 Å². The monoisotopic (exact) mass is 588 g/mol. The molecule has 1 aliphatic heterocycles. The summed E-state index contributed by atoms with van der Waals surface area (Å²) in [6.07, 6.45) is 4.65. The summed E-state index contributed by atoms with van der Waals surface area (Å²) < 4.78 is 0. The first-order valence-corrected chi connectivity index (χ1v) is 15.8. The maximum absolute atomic E-state index is 5.12. The number of allylic oxidation sites excluding steroid dienone is 2. The van der Waals surface area contributed by atoms with Crippen LogP contribution in [0.3, 0.4) is 0 Å². The van der Waals surface area contributed by atoms with Crippen LogP contribution in [0.2, 0.25) is 0 Å². The highest BCUT2D eigenvalue weighted by Crippen LogP contribution is 2.39. The Labute approximate surface area is 270 Å². The van der Waals surface area contributed by atoms with Gasteiger partial charge < -0.3 is 5.32 Å². The number of dihydropyridines is 1. The summed E-state index contributed by atoms with van der Waals surface area (Å²) >= 11 is 0. The van der Waals surface area contributed by atoms with Crippen molar-refractivity contribution in [1.29, 1.82) is 0 Å². The molecule has 2 nitrogen and oxygen atoms in total. The lowest BCUT2D eigenvalue weighted by molar-refractivity contribution is 0.767. The number of fused-ring (bicyclic) bond motifs is 1. The number of nitrogens with one attached hydrogen (secondary N) is 1. The third kappa shape index (κ3) is 5.42. The van der Waals surface area contributed by atoms with Crippen LogP contribution in [0, 0.1) is 0 Å². The van der Waals surface area contributed by atoms with Crippen molar-refractivity contribution >= 4 is 22.0 Å². The Morgan fingerprint density at radius 2 is 0.935 bits per heavy atom. The third-order valence-corrected chi connectivity index (χ3v) is 8.71. The minimum absolute atomic E-state index is 0.0527. The first-order chi connectivity index (χ1) is 22.8. The smallest absolute Gasteiger partial charge is 0.0715 e. The number of hydrogen-bond acceptors (Lipinski definition) is 2. The summed E-state index contributed by atoms with van der Waals surface area (Å²) in [4.78, 5) is 5.12. The van der Waals surface area contributed by atoms with Gasteiger partial charge in [-0.1, -0.05) is 158 Å². The summed E-state index contributed by atoms with van der Waals surface area (Å²) in [7, 11) is 0. The average molecular weight is 589 g/mol. The Balaban J connectivity index is 1.30. The van der Waals surface area contributed by atoms with Crippen LogP contribution >= 0.6 is 0 Å². The highest BCUT2D eigenvalue weighted by Gasteiger charge is 2.20. The van der Waals surface area contributed by atoms with Crippen LogP contribution in [0.1, 0.15) is 22.7 Å². The van der Waals surface area contributed by atoms with E-state index in [0.717, 1.165) is 33.8 Å². The molecule has 0 radical (unpaired) electrons. The molecular formula is C44H32N2. The summed E-state index contributed by atoms with van der Waals surface area (Å²) in [6, 6.07) is 60.1. The molecule has 0 spiro atoms. The largest absolute Gasteiger partial charge is 0.374 e. The predicted octanol–water partition coefficient (Wildman–Crippen LogP) is 11.0. The lowest BCUT2D eigenvalue weighted by Gasteiger charge is -2.26. The molecule has 6 aromatic carbocycles. The van der Waals surface area contributed by atoms with Crippen LogP contribution < -0.4 is 5.32 Å². The fourth-order valence-corrected chi connectivity index (χ4v) is 6.44. The summed E-state index contributed by atoms with van der Waals surface area (Å²) in [5, 5.41) is 6.23. The van der Waals surface area contributed by atoms with E-state index in [-0.39, 0.29) is 6.04 Å². The van der Waals surface area contributed by atoms with Gasteiger partial charge in [0.2, 0.25) is 0 Å². The molecular weight excluding hydrogens is 556 g/mol. The molecule has 0 saturated heterocycles. The van der Waals surface area contributed by atoms with Gasteiger partial charge in [-0.05, 0) is 68.4 Å². The highest BCUT2D eigenvalue weighted by atomic mass is 14.9. The molecule has 2 heteroatoms. The number of hydrogen-bond donors (Lipinski definition) is 1. The third-order valence-electron chi connectivity index (χ3n) is 8.71. The van der Waals surface area contributed by atoms with Crippen molar-refractivity contribution in [2.45, 2.75) is 6.04 Å². The predicted molar refractivity (Wildman–Crippen MR) is 193 cm³/mol. The molecule has 1 N–H and O–H groups in total. The average Bonchev–Trinajstić information content (AvgIpc) is 3.15. The van der Waals surface area contributed by atoms with Gasteiger partial charge in [0.15, 0.2) is 0 Å². The molecule has 218 valence electrons. The molecule has 1 unspecified atom stereocenters. The second-order valence-electron chi connectivity index (χ2n) is 11.6. The van der Waals surface area contributed by atoms with E-state index in [1.165, 1.54) is 38.6 Å². The molecule has 1 atom stereocenters. The van der Waals surface area contributed by atoms with Crippen molar-refractivity contribution < 1.29 is 0 Å². The van der Waals surface area contributed by atoms with Gasteiger partial charge in [-0.2, -0.15) is 0 Å². The molecule has 7 aromatic rings. The van der Waals surface area contributed by atoms with E-state index in [2.05, 4.69) is 175 Å². The number of benzene rings is 6. The molecule has 46 heavy (non-hydrogen) atoms. The number of aromatic nitrogens is 1. The van der Waals surface area contributed by atoms with Crippen molar-refractivity contribution in [3.8, 4) is 33.6 Å². The Kier molecular flexibility index (Phi) is 7.30. The molecule has 1 aromatic heterocycles. The van der Waals surface area contributed by atoms with Crippen molar-refractivity contribution in [2.75, 3.05) is 0 Å². The van der Waals surface area contributed by atoms with Crippen LogP contribution in [0.5, 0.6) is 0 Å². The van der Waals surface area contributed by atoms with Crippen molar-refractivity contribution in [3.05, 3.63) is 199 Å². The number of rotatable bonds is 6. The highest BCUT2D eigenvalue weighted by molar-refractivity contribution is 6.05. The van der Waals surface area contributed by atoms with Crippen LogP contribution in [0.4, 0.5) is 0 Å². The zero-order valence-electron chi connectivity index (χ0n) is 25.3. The van der Waals surface area contributed by atoms with Gasteiger partial charge in [0.05, 0.1) is 17.4 Å². The summed E-state index contributed by atoms with van der Waals surface area (Å²) in [5.74, 6) is 0. The maximum Gasteiger partial charge on any atom is 0.0715 e.